The van der Waals surface area contributed by atoms with Gasteiger partial charge in [-0.1, -0.05) is 12.2 Å². The maximum atomic E-state index is 12.1. The van der Waals surface area contributed by atoms with E-state index in [0.29, 0.717) is 18.0 Å². The normalized spacial score (nSPS) is 14.8. The van der Waals surface area contributed by atoms with E-state index in [2.05, 4.69) is 5.32 Å². The van der Waals surface area contributed by atoms with E-state index in [9.17, 15) is 4.79 Å². The van der Waals surface area contributed by atoms with Gasteiger partial charge in [-0.2, -0.15) is 0 Å². The van der Waals surface area contributed by atoms with Crippen molar-refractivity contribution in [3.05, 3.63) is 29.3 Å². The zero-order valence-electron chi connectivity index (χ0n) is 12.5. The largest absolute Gasteiger partial charge is 0.389 e. The molecular formula is C16H23N3OS. The molecule has 5 heteroatoms. The number of hydrogen-bond donors (Lipinski definition) is 2. The number of nitrogens with one attached hydrogen (secondary N) is 1. The number of thiocarbonyl (C=S) groups is 1. The van der Waals surface area contributed by atoms with Crippen molar-refractivity contribution < 1.29 is 4.79 Å². The minimum absolute atomic E-state index is 0.249. The van der Waals surface area contributed by atoms with Crippen LogP contribution < -0.4 is 11.1 Å². The molecule has 0 unspecified atom stereocenters. The van der Waals surface area contributed by atoms with Gasteiger partial charge in [0.1, 0.15) is 4.99 Å². The van der Waals surface area contributed by atoms with Gasteiger partial charge in [0.15, 0.2) is 0 Å². The summed E-state index contributed by atoms with van der Waals surface area (Å²) in [6.45, 7) is 4.47. The van der Waals surface area contributed by atoms with E-state index in [4.69, 9.17) is 18.0 Å². The quantitative estimate of drug-likeness (QED) is 0.820. The summed E-state index contributed by atoms with van der Waals surface area (Å²) >= 11 is 4.99. The molecule has 0 atom stereocenters. The minimum Gasteiger partial charge on any atom is -0.389 e. The molecule has 114 valence electrons. The summed E-state index contributed by atoms with van der Waals surface area (Å²) in [5.74, 6) is 0.249. The predicted octanol–water partition coefficient (Wildman–Crippen LogP) is 2.44. The summed E-state index contributed by atoms with van der Waals surface area (Å²) in [6.07, 6.45) is 4.06. The van der Waals surface area contributed by atoms with Gasteiger partial charge in [0.25, 0.3) is 0 Å². The topological polar surface area (TPSA) is 58.4 Å². The van der Waals surface area contributed by atoms with Gasteiger partial charge in [-0.25, -0.2) is 0 Å². The Hall–Kier alpha value is -1.62. The van der Waals surface area contributed by atoms with Gasteiger partial charge < -0.3 is 16.0 Å². The van der Waals surface area contributed by atoms with E-state index in [1.165, 1.54) is 6.42 Å². The predicted molar refractivity (Wildman–Crippen MR) is 90.6 cm³/mol. The van der Waals surface area contributed by atoms with Crippen LogP contribution in [0.5, 0.6) is 0 Å². The van der Waals surface area contributed by atoms with Crippen molar-refractivity contribution in [2.45, 2.75) is 32.6 Å². The van der Waals surface area contributed by atoms with Gasteiger partial charge in [0, 0.05) is 37.3 Å². The molecule has 0 saturated carbocycles. The number of nitrogens with zero attached hydrogens (tertiary/aromatic N) is 1. The molecule has 1 aliphatic heterocycles. The van der Waals surface area contributed by atoms with Crippen molar-refractivity contribution in [1.29, 1.82) is 0 Å². The molecule has 1 heterocycles. The molecule has 1 aromatic rings. The lowest BCUT2D eigenvalue weighted by Gasteiger charge is -2.26. The Labute approximate surface area is 131 Å². The Balaban J connectivity index is 1.81. The first-order chi connectivity index (χ1) is 10.1. The molecule has 21 heavy (non-hydrogen) atoms. The molecule has 4 nitrogen and oxygen atoms in total. The number of hydrogen-bond acceptors (Lipinski definition) is 3. The summed E-state index contributed by atoms with van der Waals surface area (Å²) in [5.41, 5.74) is 8.60. The van der Waals surface area contributed by atoms with Crippen LogP contribution in [-0.2, 0) is 4.79 Å². The lowest BCUT2D eigenvalue weighted by Crippen LogP contribution is -2.36. The standard InChI is InChI=1S/C16H23N3OS/c1-12-11-13(5-6-14(12)16(17)21)18-8-7-15(20)19-9-3-2-4-10-19/h5-6,11,18H,2-4,7-10H2,1H3,(H2,17,21). The summed E-state index contributed by atoms with van der Waals surface area (Å²) in [4.78, 5) is 14.4. The van der Waals surface area contributed by atoms with Crippen LogP contribution in [0.4, 0.5) is 5.69 Å². The SMILES string of the molecule is Cc1cc(NCCC(=O)N2CCCCC2)ccc1C(N)=S. The van der Waals surface area contributed by atoms with Crippen LogP contribution in [0.1, 0.15) is 36.8 Å². The zero-order chi connectivity index (χ0) is 15.2. The molecule has 1 aromatic carbocycles. The van der Waals surface area contributed by atoms with Crippen molar-refractivity contribution in [1.82, 2.24) is 4.90 Å². The third-order valence-corrected chi connectivity index (χ3v) is 4.09. The lowest BCUT2D eigenvalue weighted by atomic mass is 10.1. The molecule has 1 fully saturated rings. The minimum atomic E-state index is 0.249. The number of carbonyl (C=O) groups excluding carboxylic acids is 1. The van der Waals surface area contributed by atoms with Crippen molar-refractivity contribution in [3.8, 4) is 0 Å². The van der Waals surface area contributed by atoms with Gasteiger partial charge in [-0.3, -0.25) is 4.79 Å². The molecule has 2 rings (SSSR count). The Kier molecular flexibility index (Phi) is 5.56. The molecular weight excluding hydrogens is 282 g/mol. The number of benzene rings is 1. The number of rotatable bonds is 5. The van der Waals surface area contributed by atoms with Crippen molar-refractivity contribution >= 4 is 28.8 Å². The molecule has 0 spiro atoms. The van der Waals surface area contributed by atoms with E-state index in [1.807, 2.05) is 30.0 Å². The highest BCUT2D eigenvalue weighted by Gasteiger charge is 2.15. The first-order valence-electron chi connectivity index (χ1n) is 7.50. The van der Waals surface area contributed by atoms with E-state index in [1.54, 1.807) is 0 Å². The number of anilines is 1. The fourth-order valence-corrected chi connectivity index (χ4v) is 2.89. The van der Waals surface area contributed by atoms with Crippen LogP contribution >= 0.6 is 12.2 Å². The highest BCUT2D eigenvalue weighted by Crippen LogP contribution is 2.15. The molecule has 0 bridgehead atoms. The number of aryl methyl sites for hydroxylation is 1. The van der Waals surface area contributed by atoms with Crippen LogP contribution in [0, 0.1) is 6.92 Å². The fourth-order valence-electron chi connectivity index (χ4n) is 2.67. The van der Waals surface area contributed by atoms with E-state index >= 15 is 0 Å². The highest BCUT2D eigenvalue weighted by molar-refractivity contribution is 7.80. The second kappa shape index (κ2) is 7.41. The first-order valence-corrected chi connectivity index (χ1v) is 7.91. The van der Waals surface area contributed by atoms with Crippen molar-refractivity contribution in [2.24, 2.45) is 5.73 Å². The molecule has 1 amide bonds. The second-order valence-corrected chi connectivity index (χ2v) is 5.95. The average molecular weight is 305 g/mol. The van der Waals surface area contributed by atoms with Gasteiger partial charge in [-0.05, 0) is 49.9 Å². The Morgan fingerprint density at radius 2 is 2.05 bits per heavy atom. The number of nitrogens with two attached hydrogens (primary N) is 1. The molecule has 1 saturated heterocycles. The first kappa shape index (κ1) is 15.8. The molecule has 3 N–H and O–H groups in total. The number of amides is 1. The smallest absolute Gasteiger partial charge is 0.224 e. The zero-order valence-corrected chi connectivity index (χ0v) is 13.3. The molecule has 1 aliphatic rings. The van der Waals surface area contributed by atoms with E-state index in [0.717, 1.165) is 42.7 Å². The highest BCUT2D eigenvalue weighted by atomic mass is 32.1. The van der Waals surface area contributed by atoms with Crippen LogP contribution in [0.2, 0.25) is 0 Å². The van der Waals surface area contributed by atoms with Crippen molar-refractivity contribution in [2.75, 3.05) is 25.0 Å². The second-order valence-electron chi connectivity index (χ2n) is 5.51. The average Bonchev–Trinajstić information content (AvgIpc) is 2.47. The Bertz CT molecular complexity index is 524. The molecule has 0 aromatic heterocycles. The fraction of sp³-hybridized carbons (Fsp3) is 0.500. The monoisotopic (exact) mass is 305 g/mol. The Morgan fingerprint density at radius 3 is 2.67 bits per heavy atom. The Morgan fingerprint density at radius 1 is 1.33 bits per heavy atom. The maximum Gasteiger partial charge on any atom is 0.224 e. The summed E-state index contributed by atoms with van der Waals surface area (Å²) < 4.78 is 0. The van der Waals surface area contributed by atoms with Gasteiger partial charge in [-0.15, -0.1) is 0 Å². The number of carbonyl (C=O) groups is 1. The van der Waals surface area contributed by atoms with Crippen LogP contribution in [0.3, 0.4) is 0 Å². The third-order valence-electron chi connectivity index (χ3n) is 3.87. The maximum absolute atomic E-state index is 12.1. The van der Waals surface area contributed by atoms with Crippen molar-refractivity contribution in [3.63, 3.8) is 0 Å². The lowest BCUT2D eigenvalue weighted by molar-refractivity contribution is -0.131. The summed E-state index contributed by atoms with van der Waals surface area (Å²) in [7, 11) is 0. The van der Waals surface area contributed by atoms with Crippen LogP contribution in [0.25, 0.3) is 0 Å². The van der Waals surface area contributed by atoms with Crippen LogP contribution in [-0.4, -0.2) is 35.4 Å². The van der Waals surface area contributed by atoms with Gasteiger partial charge in [0.05, 0.1) is 0 Å². The van der Waals surface area contributed by atoms with Gasteiger partial charge in [0.2, 0.25) is 5.91 Å². The molecule has 0 aliphatic carbocycles. The molecule has 0 radical (unpaired) electrons. The number of likely N-dealkylation sites (tertiary alicyclic amines) is 1. The van der Waals surface area contributed by atoms with Gasteiger partial charge >= 0.3 is 0 Å². The van der Waals surface area contributed by atoms with Crippen LogP contribution in [0.15, 0.2) is 18.2 Å². The third kappa shape index (κ3) is 4.43. The summed E-state index contributed by atoms with van der Waals surface area (Å²) in [5, 5.41) is 3.29. The van der Waals surface area contributed by atoms with E-state index in [-0.39, 0.29) is 5.91 Å². The summed E-state index contributed by atoms with van der Waals surface area (Å²) in [6, 6.07) is 5.89. The number of piperidine rings is 1. The van der Waals surface area contributed by atoms with E-state index < -0.39 is 0 Å².